The van der Waals surface area contributed by atoms with Crippen LogP contribution in [0, 0.1) is 0 Å². The van der Waals surface area contributed by atoms with Gasteiger partial charge in [0.25, 0.3) is 0 Å². The quantitative estimate of drug-likeness (QED) is 0.406. The molecule has 0 bridgehead atoms. The normalized spacial score (nSPS) is 21.8. The predicted molar refractivity (Wildman–Crippen MR) is 49.2 cm³/mol. The van der Waals surface area contributed by atoms with E-state index in [2.05, 4.69) is 18.9 Å². The Hall–Kier alpha value is -2.21. The van der Waals surface area contributed by atoms with Gasteiger partial charge in [0.2, 0.25) is 12.2 Å². The summed E-state index contributed by atoms with van der Waals surface area (Å²) in [6.07, 6.45) is -16.1. The topological polar surface area (TPSA) is 88.1 Å². The third-order valence-electron chi connectivity index (χ3n) is 2.00. The number of rotatable bonds is 6. The Balaban J connectivity index is 2.83. The second kappa shape index (κ2) is 6.27. The van der Waals surface area contributed by atoms with Crippen molar-refractivity contribution >= 4 is 18.1 Å². The van der Waals surface area contributed by atoms with E-state index in [4.69, 9.17) is 0 Å². The first-order valence-electron chi connectivity index (χ1n) is 5.22. The van der Waals surface area contributed by atoms with Crippen LogP contribution in [0.4, 0.5) is 31.1 Å². The molecule has 2 atom stereocenters. The molecule has 0 radical (unpaired) electrons. The molecular weight excluding hydrogens is 334 g/mol. The molecule has 13 heteroatoms. The first-order valence-corrected chi connectivity index (χ1v) is 5.22. The summed E-state index contributed by atoms with van der Waals surface area (Å²) in [4.78, 5) is 33.2. The fourth-order valence-electron chi connectivity index (χ4n) is 1.17. The molecule has 0 aromatic heterocycles. The van der Waals surface area contributed by atoms with E-state index in [0.29, 0.717) is 0 Å². The molecular formula is C9H6F6O7. The van der Waals surface area contributed by atoms with Gasteiger partial charge >= 0.3 is 30.3 Å². The van der Waals surface area contributed by atoms with E-state index in [9.17, 15) is 40.7 Å². The van der Waals surface area contributed by atoms with E-state index >= 15 is 0 Å². The summed E-state index contributed by atoms with van der Waals surface area (Å²) in [7, 11) is 0. The minimum absolute atomic E-state index is 1.77. The molecule has 0 aliphatic carbocycles. The molecule has 2 unspecified atom stereocenters. The summed E-state index contributed by atoms with van der Waals surface area (Å²) in [5.74, 6) is -4.31. The van der Waals surface area contributed by atoms with Gasteiger partial charge in [-0.1, -0.05) is 0 Å². The van der Waals surface area contributed by atoms with Crippen LogP contribution in [0.1, 0.15) is 0 Å². The maximum Gasteiger partial charge on any atom is 0.510 e. The van der Waals surface area contributed by atoms with Crippen molar-refractivity contribution in [3.63, 3.8) is 0 Å². The van der Waals surface area contributed by atoms with E-state index in [0.717, 1.165) is 0 Å². The number of carbonyl (C=O) groups is 3. The van der Waals surface area contributed by atoms with Gasteiger partial charge in [-0.15, -0.1) is 0 Å². The maximum atomic E-state index is 12.5. The highest BCUT2D eigenvalue weighted by Gasteiger charge is 2.53. The lowest BCUT2D eigenvalue weighted by molar-refractivity contribution is -0.252. The van der Waals surface area contributed by atoms with Gasteiger partial charge in [0.05, 0.1) is 0 Å². The lowest BCUT2D eigenvalue weighted by Gasteiger charge is -2.19. The van der Waals surface area contributed by atoms with Gasteiger partial charge in [-0.2, -0.15) is 17.6 Å². The molecule has 0 saturated carbocycles. The molecule has 0 N–H and O–H groups in total. The van der Waals surface area contributed by atoms with Crippen LogP contribution >= 0.6 is 0 Å². The fraction of sp³-hybridized carbons (Fsp3) is 0.667. The Morgan fingerprint density at radius 2 is 1.23 bits per heavy atom. The lowest BCUT2D eigenvalue weighted by atomic mass is 10.2. The molecule has 1 saturated heterocycles. The number of hydrogen-bond acceptors (Lipinski definition) is 7. The van der Waals surface area contributed by atoms with Gasteiger partial charge in [0.1, 0.15) is 0 Å². The van der Waals surface area contributed by atoms with Crippen LogP contribution in [0.25, 0.3) is 0 Å². The van der Waals surface area contributed by atoms with Gasteiger partial charge in [0, 0.05) is 0 Å². The first-order chi connectivity index (χ1) is 10.0. The highest BCUT2D eigenvalue weighted by atomic mass is 19.3. The van der Waals surface area contributed by atoms with Crippen molar-refractivity contribution in [2.24, 2.45) is 0 Å². The number of halogens is 6. The molecule has 1 aliphatic rings. The number of carbonyl (C=O) groups excluding carboxylic acids is 3. The Morgan fingerprint density at radius 3 is 1.50 bits per heavy atom. The lowest BCUT2D eigenvalue weighted by Crippen LogP contribution is -2.44. The molecule has 0 aromatic rings. The maximum absolute atomic E-state index is 12.5. The minimum Gasteiger partial charge on any atom is -0.414 e. The third kappa shape index (κ3) is 4.39. The van der Waals surface area contributed by atoms with Crippen molar-refractivity contribution in [3.8, 4) is 0 Å². The van der Waals surface area contributed by atoms with Crippen molar-refractivity contribution < 1.29 is 59.7 Å². The highest BCUT2D eigenvalue weighted by molar-refractivity contribution is 5.90. The average Bonchev–Trinajstić information content (AvgIpc) is 2.80. The average molecular weight is 340 g/mol. The Kier molecular flexibility index (Phi) is 5.09. The van der Waals surface area contributed by atoms with Gasteiger partial charge in [-0.3, -0.25) is 0 Å². The number of alkyl halides is 6. The van der Waals surface area contributed by atoms with Crippen LogP contribution in [0.15, 0.2) is 0 Å². The zero-order valence-electron chi connectivity index (χ0n) is 10.2. The van der Waals surface area contributed by atoms with Crippen LogP contribution in [0.5, 0.6) is 0 Å². The molecule has 126 valence electrons. The molecule has 1 heterocycles. The number of cyclic esters (lactones) is 2. The fourth-order valence-corrected chi connectivity index (χ4v) is 1.17. The van der Waals surface area contributed by atoms with Gasteiger partial charge < -0.3 is 18.9 Å². The van der Waals surface area contributed by atoms with Crippen molar-refractivity contribution in [1.29, 1.82) is 0 Å². The predicted octanol–water partition coefficient (Wildman–Crippen LogP) is 1.10. The summed E-state index contributed by atoms with van der Waals surface area (Å²) in [5.41, 5.74) is 0. The van der Waals surface area contributed by atoms with Gasteiger partial charge in [0.15, 0.2) is 13.3 Å². The summed E-state index contributed by atoms with van der Waals surface area (Å²) >= 11 is 0. The van der Waals surface area contributed by atoms with E-state index in [-0.39, 0.29) is 0 Å². The smallest absolute Gasteiger partial charge is 0.414 e. The number of hydrogen-bond donors (Lipinski definition) is 0. The zero-order chi connectivity index (χ0) is 17.1. The van der Waals surface area contributed by atoms with Crippen LogP contribution in [0.3, 0.4) is 0 Å². The Morgan fingerprint density at radius 1 is 0.909 bits per heavy atom. The Bertz CT molecular complexity index is 427. The summed E-state index contributed by atoms with van der Waals surface area (Å²) in [6, 6.07) is 0. The van der Waals surface area contributed by atoms with E-state index in [1.54, 1.807) is 0 Å². The molecule has 0 amide bonds. The second-order valence-corrected chi connectivity index (χ2v) is 3.71. The largest absolute Gasteiger partial charge is 0.510 e. The van der Waals surface area contributed by atoms with E-state index in [1.165, 1.54) is 0 Å². The molecule has 7 nitrogen and oxygen atoms in total. The summed E-state index contributed by atoms with van der Waals surface area (Å²) in [6.45, 7) is -4.87. The SMILES string of the molecule is O=C1OC(C(=O)OC(F)(F)CF)C(C(=O)OC(F)(F)CF)O1. The highest BCUT2D eigenvalue weighted by Crippen LogP contribution is 2.25. The van der Waals surface area contributed by atoms with Crippen molar-refractivity contribution in [2.75, 3.05) is 13.3 Å². The van der Waals surface area contributed by atoms with Crippen molar-refractivity contribution in [1.82, 2.24) is 0 Å². The van der Waals surface area contributed by atoms with Crippen LogP contribution < -0.4 is 0 Å². The molecule has 1 aliphatic heterocycles. The van der Waals surface area contributed by atoms with Crippen LogP contribution in [-0.4, -0.2) is 55.9 Å². The molecule has 1 fully saturated rings. The first kappa shape index (κ1) is 17.8. The summed E-state index contributed by atoms with van der Waals surface area (Å²) in [5, 5.41) is 0. The van der Waals surface area contributed by atoms with E-state index < -0.39 is 55.9 Å². The van der Waals surface area contributed by atoms with Crippen LogP contribution in [0.2, 0.25) is 0 Å². The summed E-state index contributed by atoms with van der Waals surface area (Å²) < 4.78 is 88.2. The van der Waals surface area contributed by atoms with Gasteiger partial charge in [-0.25, -0.2) is 23.2 Å². The zero-order valence-corrected chi connectivity index (χ0v) is 10.2. The molecule has 1 rings (SSSR count). The van der Waals surface area contributed by atoms with Crippen molar-refractivity contribution in [2.45, 2.75) is 24.4 Å². The third-order valence-corrected chi connectivity index (χ3v) is 2.00. The van der Waals surface area contributed by atoms with Crippen LogP contribution in [-0.2, 0) is 28.5 Å². The Labute approximate surface area is 117 Å². The second-order valence-electron chi connectivity index (χ2n) is 3.71. The number of esters is 2. The molecule has 0 aromatic carbocycles. The molecule has 0 spiro atoms. The number of ether oxygens (including phenoxy) is 4. The van der Waals surface area contributed by atoms with Gasteiger partial charge in [-0.05, 0) is 0 Å². The monoisotopic (exact) mass is 340 g/mol. The molecule has 22 heavy (non-hydrogen) atoms. The van der Waals surface area contributed by atoms with E-state index in [1.807, 2.05) is 0 Å². The minimum atomic E-state index is -4.61. The van der Waals surface area contributed by atoms with Crippen molar-refractivity contribution in [3.05, 3.63) is 0 Å². The standard InChI is InChI=1S/C9H6F6O7/c10-1-8(12,13)21-5(16)3-4(20-7(18)19-3)6(17)22-9(14,15)2-11/h3-4H,1-2H2.